The molecule has 1 aliphatic rings. The maximum Gasteiger partial charge on any atom is 0.0641 e. The fourth-order valence-corrected chi connectivity index (χ4v) is 3.09. The first-order chi connectivity index (χ1) is 8.61. The summed E-state index contributed by atoms with van der Waals surface area (Å²) in [6.07, 6.45) is 6.85. The average Bonchev–Trinajstić information content (AvgIpc) is 2.62. The quantitative estimate of drug-likeness (QED) is 0.888. The Morgan fingerprint density at radius 1 is 1.22 bits per heavy atom. The Balaban J connectivity index is 1.85. The van der Waals surface area contributed by atoms with Crippen molar-refractivity contribution in [1.82, 2.24) is 15.1 Å². The van der Waals surface area contributed by atoms with Crippen molar-refractivity contribution in [2.45, 2.75) is 65.5 Å². The first-order valence-corrected chi connectivity index (χ1v) is 7.34. The Morgan fingerprint density at radius 3 is 2.39 bits per heavy atom. The van der Waals surface area contributed by atoms with Crippen molar-refractivity contribution < 1.29 is 0 Å². The molecular weight excluding hydrogens is 222 g/mol. The zero-order chi connectivity index (χ0) is 13.1. The molecular formula is C15H27N3. The molecule has 3 heteroatoms. The Hall–Kier alpha value is -0.830. The lowest BCUT2D eigenvalue weighted by atomic mass is 9.84. The van der Waals surface area contributed by atoms with Gasteiger partial charge in [0, 0.05) is 30.9 Å². The molecule has 3 nitrogen and oxygen atoms in total. The van der Waals surface area contributed by atoms with E-state index < -0.39 is 0 Å². The molecule has 0 unspecified atom stereocenters. The Kier molecular flexibility index (Phi) is 4.44. The predicted octanol–water partition coefficient (Wildman–Crippen LogP) is 3.10. The average molecular weight is 249 g/mol. The molecule has 0 bridgehead atoms. The van der Waals surface area contributed by atoms with E-state index in [-0.39, 0.29) is 0 Å². The monoisotopic (exact) mass is 249 g/mol. The van der Waals surface area contributed by atoms with Crippen LogP contribution in [0.5, 0.6) is 0 Å². The Morgan fingerprint density at radius 2 is 1.89 bits per heavy atom. The van der Waals surface area contributed by atoms with Gasteiger partial charge in [0.1, 0.15) is 0 Å². The molecule has 0 radical (unpaired) electrons. The molecule has 1 aromatic heterocycles. The van der Waals surface area contributed by atoms with E-state index in [2.05, 4.69) is 31.2 Å². The van der Waals surface area contributed by atoms with Crippen LogP contribution in [-0.2, 0) is 13.6 Å². The zero-order valence-electron chi connectivity index (χ0n) is 12.3. The maximum absolute atomic E-state index is 4.48. The molecule has 18 heavy (non-hydrogen) atoms. The van der Waals surface area contributed by atoms with Gasteiger partial charge in [-0.25, -0.2) is 0 Å². The summed E-state index contributed by atoms with van der Waals surface area (Å²) in [5, 5.41) is 8.20. The number of hydrogen-bond donors (Lipinski definition) is 1. The normalized spacial score (nSPS) is 24.4. The number of hydrogen-bond acceptors (Lipinski definition) is 2. The second-order valence-electron chi connectivity index (χ2n) is 5.78. The number of nitrogens with one attached hydrogen (secondary N) is 1. The van der Waals surface area contributed by atoms with Crippen LogP contribution in [0, 0.1) is 19.8 Å². The van der Waals surface area contributed by atoms with Gasteiger partial charge >= 0.3 is 0 Å². The standard InChI is InChI=1S/C15H27N3/c1-5-13-6-8-14(9-7-13)16-10-15-11(2)17-18(4)12(15)3/h13-14,16H,5-10H2,1-4H3. The van der Waals surface area contributed by atoms with Crippen LogP contribution >= 0.6 is 0 Å². The molecule has 1 saturated carbocycles. The van der Waals surface area contributed by atoms with Gasteiger partial charge in [-0.1, -0.05) is 13.3 Å². The minimum Gasteiger partial charge on any atom is -0.310 e. The van der Waals surface area contributed by atoms with E-state index in [9.17, 15) is 0 Å². The molecule has 0 amide bonds. The van der Waals surface area contributed by atoms with Crippen LogP contribution in [0.3, 0.4) is 0 Å². The van der Waals surface area contributed by atoms with Crippen molar-refractivity contribution in [2.24, 2.45) is 13.0 Å². The molecule has 0 spiro atoms. The summed E-state index contributed by atoms with van der Waals surface area (Å²) >= 11 is 0. The highest BCUT2D eigenvalue weighted by Crippen LogP contribution is 2.26. The van der Waals surface area contributed by atoms with E-state index >= 15 is 0 Å². The van der Waals surface area contributed by atoms with E-state index in [4.69, 9.17) is 0 Å². The van der Waals surface area contributed by atoms with Crippen molar-refractivity contribution in [3.8, 4) is 0 Å². The molecule has 1 aliphatic carbocycles. The number of nitrogens with zero attached hydrogens (tertiary/aromatic N) is 2. The highest BCUT2D eigenvalue weighted by atomic mass is 15.3. The van der Waals surface area contributed by atoms with Crippen molar-refractivity contribution in [3.05, 3.63) is 17.0 Å². The number of aromatic nitrogens is 2. The molecule has 1 fully saturated rings. The molecule has 1 N–H and O–H groups in total. The van der Waals surface area contributed by atoms with Gasteiger partial charge in [0.15, 0.2) is 0 Å². The summed E-state index contributed by atoms with van der Waals surface area (Å²) in [6.45, 7) is 7.57. The van der Waals surface area contributed by atoms with Gasteiger partial charge in [-0.2, -0.15) is 5.10 Å². The van der Waals surface area contributed by atoms with Crippen molar-refractivity contribution in [1.29, 1.82) is 0 Å². The third kappa shape index (κ3) is 2.94. The molecule has 2 rings (SSSR count). The van der Waals surface area contributed by atoms with Crippen LogP contribution in [0.25, 0.3) is 0 Å². The van der Waals surface area contributed by atoms with Gasteiger partial charge in [0.25, 0.3) is 0 Å². The Labute approximate surface area is 111 Å². The lowest BCUT2D eigenvalue weighted by Gasteiger charge is -2.28. The SMILES string of the molecule is CCC1CCC(NCc2c(C)nn(C)c2C)CC1. The van der Waals surface area contributed by atoms with E-state index in [1.54, 1.807) is 0 Å². The maximum atomic E-state index is 4.48. The molecule has 102 valence electrons. The second-order valence-corrected chi connectivity index (χ2v) is 5.78. The molecule has 1 heterocycles. The number of aryl methyl sites for hydroxylation is 2. The summed E-state index contributed by atoms with van der Waals surface area (Å²) in [6, 6.07) is 0.715. The summed E-state index contributed by atoms with van der Waals surface area (Å²) in [5.41, 5.74) is 3.85. The van der Waals surface area contributed by atoms with E-state index in [1.807, 2.05) is 11.7 Å². The predicted molar refractivity (Wildman–Crippen MR) is 75.6 cm³/mol. The molecule has 0 atom stereocenters. The van der Waals surface area contributed by atoms with Crippen LogP contribution in [0.1, 0.15) is 56.0 Å². The van der Waals surface area contributed by atoms with Gasteiger partial charge in [-0.3, -0.25) is 4.68 Å². The molecule has 0 aliphatic heterocycles. The first kappa shape index (κ1) is 13.6. The van der Waals surface area contributed by atoms with Gasteiger partial charge in [-0.15, -0.1) is 0 Å². The lowest BCUT2D eigenvalue weighted by molar-refractivity contribution is 0.285. The van der Waals surface area contributed by atoms with Crippen LogP contribution in [0.15, 0.2) is 0 Å². The van der Waals surface area contributed by atoms with E-state index in [0.717, 1.165) is 12.5 Å². The highest BCUT2D eigenvalue weighted by molar-refractivity contribution is 5.24. The van der Waals surface area contributed by atoms with E-state index in [1.165, 1.54) is 49.1 Å². The summed E-state index contributed by atoms with van der Waals surface area (Å²) < 4.78 is 1.99. The first-order valence-electron chi connectivity index (χ1n) is 7.34. The molecule has 0 aromatic carbocycles. The minimum absolute atomic E-state index is 0.715. The topological polar surface area (TPSA) is 29.9 Å². The van der Waals surface area contributed by atoms with Crippen LogP contribution < -0.4 is 5.32 Å². The fraction of sp³-hybridized carbons (Fsp3) is 0.800. The van der Waals surface area contributed by atoms with Crippen LogP contribution in [-0.4, -0.2) is 15.8 Å². The van der Waals surface area contributed by atoms with Crippen molar-refractivity contribution in [2.75, 3.05) is 0 Å². The Bertz CT molecular complexity index is 387. The number of rotatable bonds is 4. The second kappa shape index (κ2) is 5.87. The summed E-state index contributed by atoms with van der Waals surface area (Å²) in [7, 11) is 2.03. The summed E-state index contributed by atoms with van der Waals surface area (Å²) in [4.78, 5) is 0. The summed E-state index contributed by atoms with van der Waals surface area (Å²) in [5.74, 6) is 0.977. The van der Waals surface area contributed by atoms with Gasteiger partial charge < -0.3 is 5.32 Å². The smallest absolute Gasteiger partial charge is 0.0641 e. The van der Waals surface area contributed by atoms with Gasteiger partial charge in [0.2, 0.25) is 0 Å². The van der Waals surface area contributed by atoms with Gasteiger partial charge in [-0.05, 0) is 45.4 Å². The minimum atomic E-state index is 0.715. The highest BCUT2D eigenvalue weighted by Gasteiger charge is 2.20. The van der Waals surface area contributed by atoms with Gasteiger partial charge in [0.05, 0.1) is 5.69 Å². The zero-order valence-corrected chi connectivity index (χ0v) is 12.3. The van der Waals surface area contributed by atoms with E-state index in [0.29, 0.717) is 6.04 Å². The van der Waals surface area contributed by atoms with Crippen LogP contribution in [0.2, 0.25) is 0 Å². The third-order valence-electron chi connectivity index (χ3n) is 4.65. The third-order valence-corrected chi connectivity index (χ3v) is 4.65. The lowest BCUT2D eigenvalue weighted by Crippen LogP contribution is -2.32. The van der Waals surface area contributed by atoms with Crippen LogP contribution in [0.4, 0.5) is 0 Å². The van der Waals surface area contributed by atoms with Crippen molar-refractivity contribution >= 4 is 0 Å². The van der Waals surface area contributed by atoms with Crippen molar-refractivity contribution in [3.63, 3.8) is 0 Å². The largest absolute Gasteiger partial charge is 0.310 e. The fourth-order valence-electron chi connectivity index (χ4n) is 3.09. The molecule has 0 saturated heterocycles. The molecule has 1 aromatic rings.